The van der Waals surface area contributed by atoms with Gasteiger partial charge in [0.1, 0.15) is 0 Å². The zero-order chi connectivity index (χ0) is 17.5. The molecule has 0 radical (unpaired) electrons. The first-order valence-corrected chi connectivity index (χ1v) is 8.54. The van der Waals surface area contributed by atoms with Gasteiger partial charge in [0.15, 0.2) is 11.5 Å². The molecule has 3 rings (SSSR count). The SMILES string of the molecule is COc1ccc(C(CNCc2ccn[nH]2)N2CCOCC2)cc1OC. The van der Waals surface area contributed by atoms with E-state index < -0.39 is 0 Å². The third-order valence-corrected chi connectivity index (χ3v) is 4.49. The van der Waals surface area contributed by atoms with Crippen LogP contribution < -0.4 is 14.8 Å². The van der Waals surface area contributed by atoms with Crippen molar-refractivity contribution >= 4 is 0 Å². The number of hydrogen-bond donors (Lipinski definition) is 2. The first kappa shape index (κ1) is 17.7. The van der Waals surface area contributed by atoms with Crippen LogP contribution in [0.4, 0.5) is 0 Å². The van der Waals surface area contributed by atoms with Gasteiger partial charge in [-0.05, 0) is 23.8 Å². The number of aromatic nitrogens is 2. The molecule has 1 aromatic heterocycles. The molecule has 0 spiro atoms. The van der Waals surface area contributed by atoms with Crippen LogP contribution in [-0.2, 0) is 11.3 Å². The van der Waals surface area contributed by atoms with Gasteiger partial charge in [-0.15, -0.1) is 0 Å². The van der Waals surface area contributed by atoms with Crippen LogP contribution in [0.1, 0.15) is 17.3 Å². The average molecular weight is 346 g/mol. The first-order valence-electron chi connectivity index (χ1n) is 8.54. The van der Waals surface area contributed by atoms with Crippen molar-refractivity contribution in [2.45, 2.75) is 12.6 Å². The van der Waals surface area contributed by atoms with Crippen molar-refractivity contribution in [1.29, 1.82) is 0 Å². The van der Waals surface area contributed by atoms with Gasteiger partial charge in [0.2, 0.25) is 0 Å². The molecule has 0 amide bonds. The molecule has 2 N–H and O–H groups in total. The van der Waals surface area contributed by atoms with Crippen molar-refractivity contribution in [2.75, 3.05) is 47.1 Å². The second-order valence-corrected chi connectivity index (χ2v) is 5.99. The van der Waals surface area contributed by atoms with Crippen LogP contribution in [-0.4, -0.2) is 62.2 Å². The Bertz CT molecular complexity index is 642. The van der Waals surface area contributed by atoms with E-state index in [4.69, 9.17) is 14.2 Å². The van der Waals surface area contributed by atoms with E-state index in [0.717, 1.165) is 56.6 Å². The maximum Gasteiger partial charge on any atom is 0.161 e. The fourth-order valence-electron chi connectivity index (χ4n) is 3.13. The summed E-state index contributed by atoms with van der Waals surface area (Å²) in [6.45, 7) is 4.97. The first-order chi connectivity index (χ1) is 12.3. The molecule has 0 bridgehead atoms. The molecule has 0 saturated carbocycles. The molecule has 0 aliphatic carbocycles. The molecular weight excluding hydrogens is 320 g/mol. The largest absolute Gasteiger partial charge is 0.493 e. The molecular formula is C18H26N4O3. The second kappa shape index (κ2) is 8.84. The maximum atomic E-state index is 5.51. The summed E-state index contributed by atoms with van der Waals surface area (Å²) in [7, 11) is 3.32. The summed E-state index contributed by atoms with van der Waals surface area (Å²) in [6, 6.07) is 8.37. The van der Waals surface area contributed by atoms with Gasteiger partial charge >= 0.3 is 0 Å². The van der Waals surface area contributed by atoms with E-state index in [-0.39, 0.29) is 6.04 Å². The average Bonchev–Trinajstić information content (AvgIpc) is 3.19. The van der Waals surface area contributed by atoms with Crippen molar-refractivity contribution in [3.8, 4) is 11.5 Å². The zero-order valence-electron chi connectivity index (χ0n) is 14.8. The van der Waals surface area contributed by atoms with Crippen LogP contribution in [0.15, 0.2) is 30.5 Å². The van der Waals surface area contributed by atoms with E-state index in [1.54, 1.807) is 20.4 Å². The van der Waals surface area contributed by atoms with Crippen molar-refractivity contribution in [3.05, 3.63) is 41.7 Å². The van der Waals surface area contributed by atoms with Crippen LogP contribution in [0.3, 0.4) is 0 Å². The van der Waals surface area contributed by atoms with Crippen molar-refractivity contribution in [3.63, 3.8) is 0 Å². The molecule has 1 unspecified atom stereocenters. The third kappa shape index (κ3) is 4.50. The molecule has 1 fully saturated rings. The second-order valence-electron chi connectivity index (χ2n) is 5.99. The quantitative estimate of drug-likeness (QED) is 0.756. The molecule has 1 atom stereocenters. The summed E-state index contributed by atoms with van der Waals surface area (Å²) < 4.78 is 16.3. The predicted molar refractivity (Wildman–Crippen MR) is 95.0 cm³/mol. The fourth-order valence-corrected chi connectivity index (χ4v) is 3.13. The number of benzene rings is 1. The van der Waals surface area contributed by atoms with Crippen LogP contribution in [0.2, 0.25) is 0 Å². The van der Waals surface area contributed by atoms with E-state index >= 15 is 0 Å². The van der Waals surface area contributed by atoms with Crippen molar-refractivity contribution < 1.29 is 14.2 Å². The summed E-state index contributed by atoms with van der Waals surface area (Å²) in [6.07, 6.45) is 1.77. The molecule has 7 nitrogen and oxygen atoms in total. The van der Waals surface area contributed by atoms with E-state index in [1.807, 2.05) is 12.1 Å². The minimum absolute atomic E-state index is 0.242. The Kier molecular flexibility index (Phi) is 6.27. The Hall–Kier alpha value is -2.09. The molecule has 1 aliphatic heterocycles. The summed E-state index contributed by atoms with van der Waals surface area (Å²) in [5.74, 6) is 1.50. The predicted octanol–water partition coefficient (Wildman–Crippen LogP) is 1.59. The Morgan fingerprint density at radius 1 is 1.20 bits per heavy atom. The molecule has 136 valence electrons. The van der Waals surface area contributed by atoms with Gasteiger partial charge < -0.3 is 19.5 Å². The minimum atomic E-state index is 0.242. The van der Waals surface area contributed by atoms with Gasteiger partial charge in [0.25, 0.3) is 0 Å². The number of aromatic amines is 1. The number of hydrogen-bond acceptors (Lipinski definition) is 6. The molecule has 25 heavy (non-hydrogen) atoms. The third-order valence-electron chi connectivity index (χ3n) is 4.49. The molecule has 1 saturated heterocycles. The van der Waals surface area contributed by atoms with Gasteiger partial charge in [-0.2, -0.15) is 5.10 Å². The highest BCUT2D eigenvalue weighted by molar-refractivity contribution is 5.44. The highest BCUT2D eigenvalue weighted by Gasteiger charge is 2.23. The maximum absolute atomic E-state index is 5.51. The Morgan fingerprint density at radius 2 is 2.00 bits per heavy atom. The fraction of sp³-hybridized carbons (Fsp3) is 0.500. The monoisotopic (exact) mass is 346 g/mol. The van der Waals surface area contributed by atoms with Gasteiger partial charge in [-0.1, -0.05) is 6.07 Å². The zero-order valence-corrected chi connectivity index (χ0v) is 14.8. The number of H-pyrrole nitrogens is 1. The number of morpholine rings is 1. The number of nitrogens with zero attached hydrogens (tertiary/aromatic N) is 2. The smallest absolute Gasteiger partial charge is 0.161 e. The molecule has 1 aromatic carbocycles. The van der Waals surface area contributed by atoms with E-state index in [0.29, 0.717) is 0 Å². The lowest BCUT2D eigenvalue weighted by molar-refractivity contribution is 0.0160. The molecule has 2 aromatic rings. The van der Waals surface area contributed by atoms with Gasteiger partial charge in [-0.3, -0.25) is 10.00 Å². The highest BCUT2D eigenvalue weighted by Crippen LogP contribution is 2.32. The lowest BCUT2D eigenvalue weighted by atomic mass is 10.0. The Balaban J connectivity index is 1.75. The molecule has 7 heteroatoms. The van der Waals surface area contributed by atoms with Gasteiger partial charge in [0, 0.05) is 44.1 Å². The van der Waals surface area contributed by atoms with Crippen molar-refractivity contribution in [2.24, 2.45) is 0 Å². The van der Waals surface area contributed by atoms with E-state index in [2.05, 4.69) is 32.5 Å². The van der Waals surface area contributed by atoms with E-state index in [1.165, 1.54) is 5.56 Å². The topological polar surface area (TPSA) is 71.6 Å². The number of nitrogens with one attached hydrogen (secondary N) is 2. The standard InChI is InChI=1S/C18H26N4O3/c1-23-17-4-3-14(11-18(17)24-2)16(22-7-9-25-10-8-22)13-19-12-15-5-6-20-21-15/h3-6,11,16,19H,7-10,12-13H2,1-2H3,(H,20,21). The van der Waals surface area contributed by atoms with Crippen molar-refractivity contribution in [1.82, 2.24) is 20.4 Å². The lowest BCUT2D eigenvalue weighted by Crippen LogP contribution is -2.42. The lowest BCUT2D eigenvalue weighted by Gasteiger charge is -2.35. The highest BCUT2D eigenvalue weighted by atomic mass is 16.5. The summed E-state index contributed by atoms with van der Waals surface area (Å²) >= 11 is 0. The van der Waals surface area contributed by atoms with Crippen LogP contribution in [0.5, 0.6) is 11.5 Å². The Labute approximate surface area is 148 Å². The number of rotatable bonds is 8. The molecule has 2 heterocycles. The van der Waals surface area contributed by atoms with Crippen LogP contribution in [0.25, 0.3) is 0 Å². The minimum Gasteiger partial charge on any atom is -0.493 e. The normalized spacial score (nSPS) is 16.6. The van der Waals surface area contributed by atoms with Gasteiger partial charge in [0.05, 0.1) is 27.4 Å². The van der Waals surface area contributed by atoms with Gasteiger partial charge in [-0.25, -0.2) is 0 Å². The summed E-state index contributed by atoms with van der Waals surface area (Å²) in [5, 5.41) is 10.5. The Morgan fingerprint density at radius 3 is 2.68 bits per heavy atom. The summed E-state index contributed by atoms with van der Waals surface area (Å²) in [4.78, 5) is 2.45. The summed E-state index contributed by atoms with van der Waals surface area (Å²) in [5.41, 5.74) is 2.28. The number of ether oxygens (including phenoxy) is 3. The number of methoxy groups -OCH3 is 2. The van der Waals surface area contributed by atoms with Crippen LogP contribution >= 0.6 is 0 Å². The molecule has 1 aliphatic rings. The van der Waals surface area contributed by atoms with E-state index in [9.17, 15) is 0 Å². The van der Waals surface area contributed by atoms with Crippen LogP contribution in [0, 0.1) is 0 Å².